The van der Waals surface area contributed by atoms with Crippen LogP contribution in [-0.4, -0.2) is 50.6 Å². The van der Waals surface area contributed by atoms with E-state index in [1.807, 2.05) is 13.0 Å². The third kappa shape index (κ3) is 8.35. The molecule has 2 aromatic rings. The van der Waals surface area contributed by atoms with Crippen LogP contribution >= 0.6 is 24.0 Å². The highest BCUT2D eigenvalue weighted by atomic mass is 127. The van der Waals surface area contributed by atoms with Gasteiger partial charge in [0, 0.05) is 37.9 Å². The molecule has 0 spiro atoms. The maximum absolute atomic E-state index is 13.2. The number of hydrogen-bond donors (Lipinski definition) is 3. The number of carbonyl (C=O) groups is 1. The van der Waals surface area contributed by atoms with Crippen molar-refractivity contribution in [3.63, 3.8) is 0 Å². The molecule has 1 amide bonds. The van der Waals surface area contributed by atoms with Crippen LogP contribution in [-0.2, 0) is 11.2 Å². The number of aliphatic imine (C=N–C) groups is 1. The Bertz CT molecular complexity index is 849. The minimum absolute atomic E-state index is 0. The van der Waals surface area contributed by atoms with Gasteiger partial charge in [-0.05, 0) is 43.2 Å². The normalized spacial score (nSPS) is 15.9. The van der Waals surface area contributed by atoms with Gasteiger partial charge in [0.2, 0.25) is 5.91 Å². The number of hydrogen-bond acceptors (Lipinski definition) is 3. The van der Waals surface area contributed by atoms with E-state index in [-0.39, 0.29) is 42.1 Å². The standard InChI is InChI=1S/C23H30FN5O.HI/c1-2-25-23(28-20-11-14-29(17-20)21-9-4-3-5-10-21)27-13-12-26-22(30)16-18-7-6-8-19(24)15-18;/h3-10,15,20H,2,11-14,16-17H2,1H3,(H,26,30)(H2,25,27,28);1H. The number of guanidine groups is 1. The molecule has 1 aliphatic rings. The Morgan fingerprint density at radius 1 is 1.16 bits per heavy atom. The van der Waals surface area contributed by atoms with Crippen molar-refractivity contribution in [1.82, 2.24) is 16.0 Å². The molecule has 1 aliphatic heterocycles. The first-order chi connectivity index (χ1) is 14.6. The van der Waals surface area contributed by atoms with Crippen LogP contribution < -0.4 is 20.9 Å². The van der Waals surface area contributed by atoms with Gasteiger partial charge in [-0.15, -0.1) is 24.0 Å². The predicted molar refractivity (Wildman–Crippen MR) is 135 cm³/mol. The second-order valence-corrected chi connectivity index (χ2v) is 7.33. The van der Waals surface area contributed by atoms with Crippen molar-refractivity contribution < 1.29 is 9.18 Å². The smallest absolute Gasteiger partial charge is 0.224 e. The molecule has 1 unspecified atom stereocenters. The maximum Gasteiger partial charge on any atom is 0.224 e. The Kier molecular flexibility index (Phi) is 10.6. The predicted octanol–water partition coefficient (Wildman–Crippen LogP) is 2.94. The SMILES string of the molecule is CCNC(=NCCNC(=O)Cc1cccc(F)c1)NC1CCN(c2ccccc2)C1.I. The van der Waals surface area contributed by atoms with Crippen molar-refractivity contribution in [2.75, 3.05) is 37.6 Å². The number of carbonyl (C=O) groups excluding carboxylic acids is 1. The summed E-state index contributed by atoms with van der Waals surface area (Å²) in [5.74, 6) is 0.295. The van der Waals surface area contributed by atoms with E-state index >= 15 is 0 Å². The lowest BCUT2D eigenvalue weighted by molar-refractivity contribution is -0.120. The Hall–Kier alpha value is -2.36. The van der Waals surface area contributed by atoms with Gasteiger partial charge in [-0.2, -0.15) is 0 Å². The lowest BCUT2D eigenvalue weighted by Gasteiger charge is -2.20. The second kappa shape index (κ2) is 13.1. The highest BCUT2D eigenvalue weighted by Gasteiger charge is 2.23. The van der Waals surface area contributed by atoms with Crippen molar-refractivity contribution in [2.45, 2.75) is 25.8 Å². The number of nitrogens with one attached hydrogen (secondary N) is 3. The molecule has 168 valence electrons. The first-order valence-electron chi connectivity index (χ1n) is 10.5. The van der Waals surface area contributed by atoms with E-state index in [0.717, 1.165) is 32.0 Å². The summed E-state index contributed by atoms with van der Waals surface area (Å²) in [7, 11) is 0. The summed E-state index contributed by atoms with van der Waals surface area (Å²) in [5, 5.41) is 9.60. The molecule has 0 aromatic heterocycles. The van der Waals surface area contributed by atoms with Gasteiger partial charge in [0.15, 0.2) is 5.96 Å². The van der Waals surface area contributed by atoms with Crippen LogP contribution in [0, 0.1) is 5.82 Å². The van der Waals surface area contributed by atoms with E-state index in [9.17, 15) is 9.18 Å². The van der Waals surface area contributed by atoms with Crippen LogP contribution in [0.5, 0.6) is 0 Å². The average molecular weight is 539 g/mol. The molecule has 0 bridgehead atoms. The molecule has 0 aliphatic carbocycles. The van der Waals surface area contributed by atoms with Gasteiger partial charge in [-0.25, -0.2) is 4.39 Å². The molecule has 3 N–H and O–H groups in total. The minimum Gasteiger partial charge on any atom is -0.369 e. The highest BCUT2D eigenvalue weighted by molar-refractivity contribution is 14.0. The number of anilines is 1. The number of para-hydroxylation sites is 1. The number of rotatable bonds is 8. The van der Waals surface area contributed by atoms with Crippen LogP contribution in [0.4, 0.5) is 10.1 Å². The van der Waals surface area contributed by atoms with Crippen molar-refractivity contribution in [3.8, 4) is 0 Å². The monoisotopic (exact) mass is 539 g/mol. The molecular formula is C23H31FIN5O. The van der Waals surface area contributed by atoms with Gasteiger partial charge in [0.1, 0.15) is 5.82 Å². The van der Waals surface area contributed by atoms with E-state index in [1.54, 1.807) is 12.1 Å². The molecular weight excluding hydrogens is 508 g/mol. The van der Waals surface area contributed by atoms with Gasteiger partial charge in [0.25, 0.3) is 0 Å². The molecule has 31 heavy (non-hydrogen) atoms. The third-order valence-electron chi connectivity index (χ3n) is 4.95. The molecule has 1 atom stereocenters. The molecule has 1 heterocycles. The molecule has 2 aromatic carbocycles. The maximum atomic E-state index is 13.2. The molecule has 6 nitrogen and oxygen atoms in total. The van der Waals surface area contributed by atoms with Crippen LogP contribution in [0.2, 0.25) is 0 Å². The molecule has 0 radical (unpaired) electrons. The summed E-state index contributed by atoms with van der Waals surface area (Å²) in [6.07, 6.45) is 1.21. The Balaban J connectivity index is 0.00000341. The van der Waals surface area contributed by atoms with Crippen LogP contribution in [0.3, 0.4) is 0 Å². The highest BCUT2D eigenvalue weighted by Crippen LogP contribution is 2.19. The largest absolute Gasteiger partial charge is 0.369 e. The zero-order valence-electron chi connectivity index (χ0n) is 17.8. The minimum atomic E-state index is -0.330. The first-order valence-corrected chi connectivity index (χ1v) is 10.5. The summed E-state index contributed by atoms with van der Waals surface area (Å²) >= 11 is 0. The molecule has 3 rings (SSSR count). The van der Waals surface area contributed by atoms with Gasteiger partial charge < -0.3 is 20.9 Å². The van der Waals surface area contributed by atoms with E-state index in [1.165, 1.54) is 17.8 Å². The van der Waals surface area contributed by atoms with Crippen LogP contribution in [0.25, 0.3) is 0 Å². The number of halogens is 2. The van der Waals surface area contributed by atoms with E-state index in [4.69, 9.17) is 0 Å². The van der Waals surface area contributed by atoms with Gasteiger partial charge in [0.05, 0.1) is 13.0 Å². The molecule has 1 saturated heterocycles. The third-order valence-corrected chi connectivity index (χ3v) is 4.95. The number of amides is 1. The zero-order valence-corrected chi connectivity index (χ0v) is 20.1. The van der Waals surface area contributed by atoms with E-state index in [2.05, 4.69) is 50.1 Å². The second-order valence-electron chi connectivity index (χ2n) is 7.33. The van der Waals surface area contributed by atoms with Gasteiger partial charge in [-0.3, -0.25) is 9.79 Å². The summed E-state index contributed by atoms with van der Waals surface area (Å²) in [6, 6.07) is 16.8. The van der Waals surface area contributed by atoms with Crippen molar-refractivity contribution >= 4 is 41.5 Å². The lowest BCUT2D eigenvalue weighted by atomic mass is 10.1. The Morgan fingerprint density at radius 3 is 2.71 bits per heavy atom. The van der Waals surface area contributed by atoms with Gasteiger partial charge in [-0.1, -0.05) is 30.3 Å². The fourth-order valence-corrected chi connectivity index (χ4v) is 3.52. The number of nitrogens with zero attached hydrogens (tertiary/aromatic N) is 2. The first kappa shape index (κ1) is 24.9. The summed E-state index contributed by atoms with van der Waals surface area (Å²) < 4.78 is 13.2. The van der Waals surface area contributed by atoms with Crippen LogP contribution in [0.1, 0.15) is 18.9 Å². The summed E-state index contributed by atoms with van der Waals surface area (Å²) in [4.78, 5) is 19.0. The summed E-state index contributed by atoms with van der Waals surface area (Å²) in [5.41, 5.74) is 1.90. The summed E-state index contributed by atoms with van der Waals surface area (Å²) in [6.45, 7) is 5.65. The average Bonchev–Trinajstić information content (AvgIpc) is 3.20. The molecule has 1 fully saturated rings. The zero-order chi connectivity index (χ0) is 21.2. The van der Waals surface area contributed by atoms with Crippen molar-refractivity contribution in [1.29, 1.82) is 0 Å². The Labute approximate surface area is 200 Å². The number of benzene rings is 2. The van der Waals surface area contributed by atoms with Crippen molar-refractivity contribution in [2.24, 2.45) is 4.99 Å². The van der Waals surface area contributed by atoms with E-state index < -0.39 is 0 Å². The fourth-order valence-electron chi connectivity index (χ4n) is 3.52. The fraction of sp³-hybridized carbons (Fsp3) is 0.391. The molecule has 8 heteroatoms. The van der Waals surface area contributed by atoms with Gasteiger partial charge >= 0.3 is 0 Å². The topological polar surface area (TPSA) is 68.8 Å². The van der Waals surface area contributed by atoms with Crippen molar-refractivity contribution in [3.05, 3.63) is 66.0 Å². The molecule has 0 saturated carbocycles. The quantitative estimate of drug-likeness (QED) is 0.209. The van der Waals surface area contributed by atoms with Crippen LogP contribution in [0.15, 0.2) is 59.6 Å². The Morgan fingerprint density at radius 2 is 1.97 bits per heavy atom. The lowest BCUT2D eigenvalue weighted by Crippen LogP contribution is -2.45. The van der Waals surface area contributed by atoms with E-state index in [0.29, 0.717) is 24.7 Å².